The summed E-state index contributed by atoms with van der Waals surface area (Å²) in [6, 6.07) is 15.4. The second-order valence-electron chi connectivity index (χ2n) is 6.53. The number of ether oxygens (including phenoxy) is 1. The molecule has 1 aliphatic rings. The van der Waals surface area contributed by atoms with Crippen molar-refractivity contribution in [3.63, 3.8) is 0 Å². The number of benzene rings is 2. The highest BCUT2D eigenvalue weighted by atomic mass is 35.5. The van der Waals surface area contributed by atoms with E-state index < -0.39 is 0 Å². The zero-order valence-corrected chi connectivity index (χ0v) is 17.6. The Morgan fingerprint density at radius 2 is 1.76 bits per heavy atom. The lowest BCUT2D eigenvalue weighted by atomic mass is 10.1. The predicted molar refractivity (Wildman–Crippen MR) is 116 cm³/mol. The number of carbonyl (C=O) groups is 1. The van der Waals surface area contributed by atoms with Gasteiger partial charge in [-0.25, -0.2) is 0 Å². The number of halogens is 2. The first-order chi connectivity index (χ1) is 14.0. The third-order valence-corrected chi connectivity index (χ3v) is 5.22. The molecule has 1 saturated heterocycles. The highest BCUT2D eigenvalue weighted by Crippen LogP contribution is 2.35. The lowest BCUT2D eigenvalue weighted by Crippen LogP contribution is -2.49. The number of piperazine rings is 1. The maximum atomic E-state index is 12.8. The molecule has 3 rings (SSSR count). The summed E-state index contributed by atoms with van der Waals surface area (Å²) in [5.41, 5.74) is 1.76. The Morgan fingerprint density at radius 3 is 2.31 bits per heavy atom. The predicted octanol–water partition coefficient (Wildman–Crippen LogP) is 4.65. The summed E-state index contributed by atoms with van der Waals surface area (Å²) in [5, 5.41) is 10.2. The second kappa shape index (κ2) is 9.69. The average molecular weight is 430 g/mol. The summed E-state index contributed by atoms with van der Waals surface area (Å²) in [7, 11) is 0. The third kappa shape index (κ3) is 5.03. The standard InChI is InChI=1S/C22H21Cl2N3O2/c1-2-29-21-19(23)13-16(14-20(21)24)12-17(15-25)22(28)27-10-8-26(9-11-27)18-6-4-3-5-7-18/h3-7,12-14H,2,8-11H2,1H3/b17-12-. The Kier molecular flexibility index (Phi) is 7.03. The quantitative estimate of drug-likeness (QED) is 0.512. The van der Waals surface area contributed by atoms with Crippen LogP contribution in [0, 0.1) is 11.3 Å². The number of nitrogens with zero attached hydrogens (tertiary/aromatic N) is 3. The van der Waals surface area contributed by atoms with Crippen molar-refractivity contribution in [2.24, 2.45) is 0 Å². The van der Waals surface area contributed by atoms with E-state index in [-0.39, 0.29) is 11.5 Å². The number of para-hydroxylation sites is 1. The number of rotatable bonds is 5. The molecule has 7 heteroatoms. The van der Waals surface area contributed by atoms with Gasteiger partial charge in [-0.15, -0.1) is 0 Å². The molecule has 0 spiro atoms. The Balaban J connectivity index is 1.72. The van der Waals surface area contributed by atoms with E-state index in [0.717, 1.165) is 18.8 Å². The van der Waals surface area contributed by atoms with Crippen LogP contribution in [0.5, 0.6) is 5.75 Å². The minimum absolute atomic E-state index is 0.0504. The van der Waals surface area contributed by atoms with Crippen LogP contribution in [0.2, 0.25) is 10.0 Å². The molecule has 1 amide bonds. The summed E-state index contributed by atoms with van der Waals surface area (Å²) in [6.45, 7) is 4.81. The molecule has 5 nitrogen and oxygen atoms in total. The van der Waals surface area contributed by atoms with Gasteiger partial charge < -0.3 is 14.5 Å². The number of amides is 1. The van der Waals surface area contributed by atoms with Gasteiger partial charge in [0, 0.05) is 31.9 Å². The number of nitriles is 1. The molecule has 2 aromatic carbocycles. The summed E-state index contributed by atoms with van der Waals surface area (Å²) in [6.07, 6.45) is 1.51. The molecular formula is C22H21Cl2N3O2. The molecule has 1 fully saturated rings. The van der Waals surface area contributed by atoms with Gasteiger partial charge >= 0.3 is 0 Å². The Morgan fingerprint density at radius 1 is 1.14 bits per heavy atom. The minimum atomic E-state index is -0.290. The smallest absolute Gasteiger partial charge is 0.264 e. The van der Waals surface area contributed by atoms with Crippen LogP contribution >= 0.6 is 23.2 Å². The van der Waals surface area contributed by atoms with Crippen LogP contribution in [0.15, 0.2) is 48.0 Å². The fourth-order valence-electron chi connectivity index (χ4n) is 3.23. The molecule has 0 aliphatic carbocycles. The molecule has 150 valence electrons. The normalized spacial score (nSPS) is 14.5. The van der Waals surface area contributed by atoms with Crippen molar-refractivity contribution in [3.8, 4) is 11.8 Å². The van der Waals surface area contributed by atoms with Crippen molar-refractivity contribution in [3.05, 3.63) is 63.6 Å². The monoisotopic (exact) mass is 429 g/mol. The molecule has 0 bridgehead atoms. The molecule has 29 heavy (non-hydrogen) atoms. The first-order valence-electron chi connectivity index (χ1n) is 9.36. The van der Waals surface area contributed by atoms with E-state index in [1.54, 1.807) is 17.0 Å². The number of hydrogen-bond acceptors (Lipinski definition) is 4. The molecule has 0 saturated carbocycles. The Labute approximate surface area is 180 Å². The number of anilines is 1. The van der Waals surface area contributed by atoms with Gasteiger partial charge in [0.15, 0.2) is 5.75 Å². The topological polar surface area (TPSA) is 56.6 Å². The first kappa shape index (κ1) is 21.0. The molecule has 1 aliphatic heterocycles. The van der Waals surface area contributed by atoms with Gasteiger partial charge in [0.25, 0.3) is 5.91 Å². The average Bonchev–Trinajstić information content (AvgIpc) is 2.75. The lowest BCUT2D eigenvalue weighted by Gasteiger charge is -2.36. The largest absolute Gasteiger partial charge is 0.491 e. The summed E-state index contributed by atoms with van der Waals surface area (Å²) in [5.74, 6) is 0.108. The summed E-state index contributed by atoms with van der Waals surface area (Å²) in [4.78, 5) is 16.8. The Bertz CT molecular complexity index is 923. The van der Waals surface area contributed by atoms with Gasteiger partial charge in [-0.1, -0.05) is 41.4 Å². The van der Waals surface area contributed by atoms with Gasteiger partial charge in [-0.3, -0.25) is 4.79 Å². The molecule has 0 radical (unpaired) electrons. The highest BCUT2D eigenvalue weighted by molar-refractivity contribution is 6.37. The molecule has 0 N–H and O–H groups in total. The fourth-order valence-corrected chi connectivity index (χ4v) is 3.84. The van der Waals surface area contributed by atoms with E-state index in [1.807, 2.05) is 31.2 Å². The van der Waals surface area contributed by atoms with E-state index in [1.165, 1.54) is 6.08 Å². The van der Waals surface area contributed by atoms with E-state index in [2.05, 4.69) is 17.0 Å². The molecule has 0 aromatic heterocycles. The van der Waals surface area contributed by atoms with Gasteiger partial charge in [-0.2, -0.15) is 5.26 Å². The summed E-state index contributed by atoms with van der Waals surface area (Å²) >= 11 is 12.4. The van der Waals surface area contributed by atoms with Crippen LogP contribution in [0.3, 0.4) is 0 Å². The van der Waals surface area contributed by atoms with E-state index in [4.69, 9.17) is 27.9 Å². The summed E-state index contributed by atoms with van der Waals surface area (Å²) < 4.78 is 5.41. The number of hydrogen-bond donors (Lipinski definition) is 0. The van der Waals surface area contributed by atoms with Crippen molar-refractivity contribution in [1.29, 1.82) is 5.26 Å². The third-order valence-electron chi connectivity index (χ3n) is 4.66. The van der Waals surface area contributed by atoms with Crippen LogP contribution in [0.25, 0.3) is 6.08 Å². The Hall–Kier alpha value is -2.68. The molecule has 1 heterocycles. The van der Waals surface area contributed by atoms with E-state index in [0.29, 0.717) is 41.1 Å². The van der Waals surface area contributed by atoms with Crippen LogP contribution < -0.4 is 9.64 Å². The zero-order chi connectivity index (χ0) is 20.8. The van der Waals surface area contributed by atoms with Crippen molar-refractivity contribution in [2.45, 2.75) is 6.92 Å². The van der Waals surface area contributed by atoms with Gasteiger partial charge in [-0.05, 0) is 42.8 Å². The van der Waals surface area contributed by atoms with Crippen molar-refractivity contribution >= 4 is 40.9 Å². The highest BCUT2D eigenvalue weighted by Gasteiger charge is 2.24. The SMILES string of the molecule is CCOc1c(Cl)cc(/C=C(/C#N)C(=O)N2CCN(c3ccccc3)CC2)cc1Cl. The second-order valence-corrected chi connectivity index (χ2v) is 7.35. The molecule has 0 atom stereocenters. The van der Waals surface area contributed by atoms with Crippen LogP contribution in [0.4, 0.5) is 5.69 Å². The van der Waals surface area contributed by atoms with Crippen LogP contribution in [-0.2, 0) is 4.79 Å². The molecular weight excluding hydrogens is 409 g/mol. The first-order valence-corrected chi connectivity index (χ1v) is 10.1. The van der Waals surface area contributed by atoms with Crippen molar-refractivity contribution < 1.29 is 9.53 Å². The van der Waals surface area contributed by atoms with Crippen LogP contribution in [0.1, 0.15) is 12.5 Å². The van der Waals surface area contributed by atoms with Gasteiger partial charge in [0.2, 0.25) is 0 Å². The van der Waals surface area contributed by atoms with E-state index in [9.17, 15) is 10.1 Å². The number of carbonyl (C=O) groups excluding carboxylic acids is 1. The molecule has 2 aromatic rings. The maximum absolute atomic E-state index is 12.8. The zero-order valence-electron chi connectivity index (χ0n) is 16.1. The van der Waals surface area contributed by atoms with Crippen molar-refractivity contribution in [1.82, 2.24) is 4.90 Å². The van der Waals surface area contributed by atoms with Crippen molar-refractivity contribution in [2.75, 3.05) is 37.7 Å². The van der Waals surface area contributed by atoms with E-state index >= 15 is 0 Å². The van der Waals surface area contributed by atoms with Gasteiger partial charge in [0.1, 0.15) is 11.6 Å². The lowest BCUT2D eigenvalue weighted by molar-refractivity contribution is -0.126. The van der Waals surface area contributed by atoms with Gasteiger partial charge in [0.05, 0.1) is 16.7 Å². The minimum Gasteiger partial charge on any atom is -0.491 e. The van der Waals surface area contributed by atoms with Crippen LogP contribution in [-0.4, -0.2) is 43.6 Å². The maximum Gasteiger partial charge on any atom is 0.264 e. The molecule has 0 unspecified atom stereocenters. The fraction of sp³-hybridized carbons (Fsp3) is 0.273.